The van der Waals surface area contributed by atoms with E-state index in [-0.39, 0.29) is 11.7 Å². The van der Waals surface area contributed by atoms with Crippen LogP contribution in [0.2, 0.25) is 0 Å². The molecule has 15 heavy (non-hydrogen) atoms. The van der Waals surface area contributed by atoms with Crippen molar-refractivity contribution in [3.63, 3.8) is 0 Å². The molecule has 2 aromatic rings. The molecule has 1 N–H and O–H groups in total. The van der Waals surface area contributed by atoms with Crippen molar-refractivity contribution in [2.45, 2.75) is 6.04 Å². The van der Waals surface area contributed by atoms with E-state index in [1.54, 1.807) is 10.8 Å². The minimum absolute atomic E-state index is 0.0539. The number of likely N-dealkylation sites (N-methyl/N-ethyl adjacent to an activating group) is 1. The van der Waals surface area contributed by atoms with Crippen LogP contribution in [-0.4, -0.2) is 39.6 Å². The van der Waals surface area contributed by atoms with Crippen molar-refractivity contribution < 1.29 is 0 Å². The first kappa shape index (κ1) is 8.67. The van der Waals surface area contributed by atoms with Gasteiger partial charge in [0.15, 0.2) is 5.65 Å². The molecule has 0 unspecified atom stereocenters. The average Bonchev–Trinajstić information content (AvgIpc) is 2.49. The van der Waals surface area contributed by atoms with Gasteiger partial charge in [0.05, 0.1) is 11.6 Å². The number of hydrogen-bond acceptors (Lipinski definition) is 3. The van der Waals surface area contributed by atoms with Crippen LogP contribution in [0.3, 0.4) is 0 Å². The van der Waals surface area contributed by atoms with Crippen LogP contribution in [-0.2, 0) is 0 Å². The molecule has 1 aliphatic heterocycles. The fraction of sp³-hybridized carbons (Fsp3) is 0.400. The monoisotopic (exact) mass is 204 g/mol. The number of H-pyrrole nitrogens is 1. The minimum atomic E-state index is -0.0539. The van der Waals surface area contributed by atoms with Gasteiger partial charge in [0.1, 0.15) is 0 Å². The Labute approximate surface area is 86.3 Å². The van der Waals surface area contributed by atoms with Gasteiger partial charge in [-0.25, -0.2) is 9.78 Å². The molecule has 0 bridgehead atoms. The van der Waals surface area contributed by atoms with Gasteiger partial charge < -0.3 is 9.88 Å². The highest BCUT2D eigenvalue weighted by atomic mass is 16.1. The normalized spacial score (nSPS) is 18.2. The van der Waals surface area contributed by atoms with E-state index in [2.05, 4.69) is 14.9 Å². The number of pyridine rings is 1. The van der Waals surface area contributed by atoms with Crippen LogP contribution in [0.15, 0.2) is 23.1 Å². The van der Waals surface area contributed by atoms with E-state index in [4.69, 9.17) is 0 Å². The number of nitrogens with one attached hydrogen (secondary N) is 1. The lowest BCUT2D eigenvalue weighted by atomic mass is 10.1. The predicted octanol–water partition coefficient (Wildman–Crippen LogP) is 0.211. The average molecular weight is 204 g/mol. The van der Waals surface area contributed by atoms with Gasteiger partial charge in [0.2, 0.25) is 0 Å². The molecule has 0 aliphatic carbocycles. The zero-order valence-corrected chi connectivity index (χ0v) is 8.47. The number of nitrogens with zero attached hydrogens (tertiary/aromatic N) is 3. The summed E-state index contributed by atoms with van der Waals surface area (Å²) < 4.78 is 1.76. The molecular formula is C10H12N4O. The van der Waals surface area contributed by atoms with Crippen LogP contribution in [0.1, 0.15) is 6.04 Å². The number of hydrogen-bond donors (Lipinski definition) is 1. The van der Waals surface area contributed by atoms with E-state index in [0.717, 1.165) is 24.3 Å². The van der Waals surface area contributed by atoms with Crippen LogP contribution < -0.4 is 5.69 Å². The number of rotatable bonds is 1. The van der Waals surface area contributed by atoms with E-state index < -0.39 is 0 Å². The molecule has 1 aliphatic rings. The molecule has 3 rings (SSSR count). The molecule has 5 nitrogen and oxygen atoms in total. The van der Waals surface area contributed by atoms with Crippen LogP contribution >= 0.6 is 0 Å². The third-order valence-electron chi connectivity index (χ3n) is 2.89. The van der Waals surface area contributed by atoms with Gasteiger partial charge in [-0.1, -0.05) is 0 Å². The summed E-state index contributed by atoms with van der Waals surface area (Å²) in [5.41, 5.74) is 1.53. The maximum Gasteiger partial charge on any atom is 0.328 e. The highest BCUT2D eigenvalue weighted by molar-refractivity contribution is 5.70. The molecule has 2 aromatic heterocycles. The molecule has 3 heterocycles. The van der Waals surface area contributed by atoms with Crippen molar-refractivity contribution in [2.24, 2.45) is 0 Å². The van der Waals surface area contributed by atoms with E-state index in [9.17, 15) is 4.79 Å². The summed E-state index contributed by atoms with van der Waals surface area (Å²) in [6.07, 6.45) is 1.72. The Bertz CT molecular complexity index is 550. The fourth-order valence-electron chi connectivity index (χ4n) is 2.13. The van der Waals surface area contributed by atoms with Crippen molar-refractivity contribution in [2.75, 3.05) is 20.1 Å². The maximum atomic E-state index is 11.7. The lowest BCUT2D eigenvalue weighted by Gasteiger charge is -2.36. The van der Waals surface area contributed by atoms with E-state index in [1.165, 1.54) is 0 Å². The highest BCUT2D eigenvalue weighted by Gasteiger charge is 2.27. The first-order valence-corrected chi connectivity index (χ1v) is 4.99. The van der Waals surface area contributed by atoms with Gasteiger partial charge in [-0.2, -0.15) is 0 Å². The molecular weight excluding hydrogens is 192 g/mol. The molecule has 0 aromatic carbocycles. The first-order chi connectivity index (χ1) is 7.25. The van der Waals surface area contributed by atoms with Crippen molar-refractivity contribution in [1.82, 2.24) is 19.4 Å². The number of aromatic nitrogens is 3. The summed E-state index contributed by atoms with van der Waals surface area (Å²) in [4.78, 5) is 21.0. The van der Waals surface area contributed by atoms with Gasteiger partial charge in [0, 0.05) is 19.3 Å². The number of aromatic amines is 1. The van der Waals surface area contributed by atoms with Gasteiger partial charge in [0.25, 0.3) is 0 Å². The molecule has 1 saturated heterocycles. The summed E-state index contributed by atoms with van der Waals surface area (Å²) in [5.74, 6) is 0. The quantitative estimate of drug-likeness (QED) is 0.722. The minimum Gasteiger partial charge on any atom is -0.304 e. The number of fused-ring (bicyclic) bond motifs is 1. The predicted molar refractivity (Wildman–Crippen MR) is 56.9 cm³/mol. The second-order valence-electron chi connectivity index (χ2n) is 4.05. The highest BCUT2D eigenvalue weighted by Crippen LogP contribution is 2.20. The molecule has 0 atom stereocenters. The van der Waals surface area contributed by atoms with Gasteiger partial charge >= 0.3 is 5.69 Å². The van der Waals surface area contributed by atoms with Crippen LogP contribution in [0.4, 0.5) is 0 Å². The molecule has 0 amide bonds. The topological polar surface area (TPSA) is 53.9 Å². The lowest BCUT2D eigenvalue weighted by molar-refractivity contribution is 0.141. The van der Waals surface area contributed by atoms with Gasteiger partial charge in [-0.05, 0) is 19.2 Å². The molecule has 0 radical (unpaired) electrons. The van der Waals surface area contributed by atoms with Gasteiger partial charge in [-0.15, -0.1) is 0 Å². The molecule has 1 fully saturated rings. The maximum absolute atomic E-state index is 11.7. The summed E-state index contributed by atoms with van der Waals surface area (Å²) >= 11 is 0. The van der Waals surface area contributed by atoms with Crippen molar-refractivity contribution >= 4 is 11.2 Å². The second-order valence-corrected chi connectivity index (χ2v) is 4.05. The summed E-state index contributed by atoms with van der Waals surface area (Å²) in [6.45, 7) is 1.84. The van der Waals surface area contributed by atoms with Crippen LogP contribution in [0, 0.1) is 0 Å². The SMILES string of the molecule is CN1CC(n2c(=O)[nH]c3cccnc32)C1. The molecule has 0 saturated carbocycles. The van der Waals surface area contributed by atoms with Crippen molar-refractivity contribution in [1.29, 1.82) is 0 Å². The summed E-state index contributed by atoms with van der Waals surface area (Å²) in [5, 5.41) is 0. The Balaban J connectivity index is 2.17. The summed E-state index contributed by atoms with van der Waals surface area (Å²) in [6, 6.07) is 3.98. The third kappa shape index (κ3) is 1.20. The molecule has 5 heteroatoms. The first-order valence-electron chi connectivity index (χ1n) is 4.99. The van der Waals surface area contributed by atoms with E-state index in [0.29, 0.717) is 0 Å². The fourth-order valence-corrected chi connectivity index (χ4v) is 2.13. The Morgan fingerprint density at radius 1 is 1.53 bits per heavy atom. The van der Waals surface area contributed by atoms with Crippen molar-refractivity contribution in [3.8, 4) is 0 Å². The standard InChI is InChI=1S/C10H12N4O/c1-13-5-7(6-13)14-9-8(12-10(14)15)3-2-4-11-9/h2-4,7H,5-6H2,1H3,(H,12,15). The Morgan fingerprint density at radius 3 is 3.07 bits per heavy atom. The number of imidazole rings is 1. The Kier molecular flexibility index (Phi) is 1.70. The van der Waals surface area contributed by atoms with Crippen molar-refractivity contribution in [3.05, 3.63) is 28.8 Å². The van der Waals surface area contributed by atoms with Crippen LogP contribution in [0.5, 0.6) is 0 Å². The van der Waals surface area contributed by atoms with E-state index in [1.807, 2.05) is 19.2 Å². The summed E-state index contributed by atoms with van der Waals surface area (Å²) in [7, 11) is 2.05. The van der Waals surface area contributed by atoms with Crippen LogP contribution in [0.25, 0.3) is 11.2 Å². The largest absolute Gasteiger partial charge is 0.328 e. The zero-order valence-electron chi connectivity index (χ0n) is 8.47. The zero-order chi connectivity index (χ0) is 10.4. The second kappa shape index (κ2) is 2.93. The molecule has 0 spiro atoms. The molecule has 78 valence electrons. The Hall–Kier alpha value is -1.62. The Morgan fingerprint density at radius 2 is 2.33 bits per heavy atom. The van der Waals surface area contributed by atoms with Gasteiger partial charge in [-0.3, -0.25) is 4.57 Å². The third-order valence-corrected chi connectivity index (χ3v) is 2.89. The smallest absolute Gasteiger partial charge is 0.304 e. The lowest BCUT2D eigenvalue weighted by Crippen LogP contribution is -2.47. The number of likely N-dealkylation sites (tertiary alicyclic amines) is 1. The van der Waals surface area contributed by atoms with E-state index >= 15 is 0 Å².